The van der Waals surface area contributed by atoms with Crippen molar-refractivity contribution in [2.45, 2.75) is 64.8 Å². The smallest absolute Gasteiger partial charge is 0.225 e. The topological polar surface area (TPSA) is 51.1 Å². The molecule has 2 aromatic heterocycles. The molecular formula is C25H30F2N4OS. The van der Waals surface area contributed by atoms with Gasteiger partial charge in [-0.05, 0) is 50.5 Å². The summed E-state index contributed by atoms with van der Waals surface area (Å²) in [5.74, 6) is -0.299. The molecule has 1 aliphatic rings. The molecule has 33 heavy (non-hydrogen) atoms. The average molecular weight is 473 g/mol. The molecule has 0 amide bonds. The minimum atomic E-state index is -0.645. The quantitative estimate of drug-likeness (QED) is 0.346. The summed E-state index contributed by atoms with van der Waals surface area (Å²) in [4.78, 5) is 15.7. The zero-order chi connectivity index (χ0) is 23.2. The van der Waals surface area contributed by atoms with Crippen molar-refractivity contribution in [3.8, 4) is 16.3 Å². The number of rotatable bonds is 9. The third kappa shape index (κ3) is 5.66. The second-order valence-corrected chi connectivity index (χ2v) is 9.20. The number of ether oxygens (including phenoxy) is 1. The monoisotopic (exact) mass is 472 g/mol. The molecule has 0 spiro atoms. The van der Waals surface area contributed by atoms with Gasteiger partial charge in [-0.2, -0.15) is 0 Å². The Morgan fingerprint density at radius 3 is 2.52 bits per heavy atom. The lowest BCUT2D eigenvalue weighted by atomic mass is 9.98. The van der Waals surface area contributed by atoms with Gasteiger partial charge in [-0.25, -0.2) is 23.7 Å². The molecule has 3 heterocycles. The Morgan fingerprint density at radius 1 is 1.09 bits per heavy atom. The van der Waals surface area contributed by atoms with E-state index in [-0.39, 0.29) is 11.3 Å². The maximum Gasteiger partial charge on any atom is 0.225 e. The fourth-order valence-corrected chi connectivity index (χ4v) is 5.12. The Kier molecular flexibility index (Phi) is 7.85. The predicted molar refractivity (Wildman–Crippen MR) is 128 cm³/mol. The molecule has 0 bridgehead atoms. The average Bonchev–Trinajstić information content (AvgIpc) is 3.30. The van der Waals surface area contributed by atoms with Crippen molar-refractivity contribution in [3.63, 3.8) is 0 Å². The van der Waals surface area contributed by atoms with Crippen LogP contribution in [0.15, 0.2) is 29.9 Å². The van der Waals surface area contributed by atoms with Gasteiger partial charge in [0, 0.05) is 42.5 Å². The number of piperidine rings is 1. The van der Waals surface area contributed by atoms with E-state index in [0.29, 0.717) is 17.7 Å². The third-order valence-corrected chi connectivity index (χ3v) is 6.99. The fourth-order valence-electron chi connectivity index (χ4n) is 4.17. The molecule has 1 aromatic carbocycles. The summed E-state index contributed by atoms with van der Waals surface area (Å²) in [6.07, 6.45) is 10.6. The van der Waals surface area contributed by atoms with E-state index in [4.69, 9.17) is 4.74 Å². The van der Waals surface area contributed by atoms with Crippen molar-refractivity contribution < 1.29 is 13.5 Å². The van der Waals surface area contributed by atoms with E-state index in [1.54, 1.807) is 0 Å². The molecule has 0 N–H and O–H groups in total. The lowest BCUT2D eigenvalue weighted by Gasteiger charge is -2.36. The van der Waals surface area contributed by atoms with E-state index in [9.17, 15) is 8.78 Å². The van der Waals surface area contributed by atoms with Gasteiger partial charge in [-0.1, -0.05) is 13.8 Å². The fraction of sp³-hybridized carbons (Fsp3) is 0.480. The van der Waals surface area contributed by atoms with Crippen LogP contribution in [0, 0.1) is 11.6 Å². The number of aryl methyl sites for hydroxylation is 2. The Balaban J connectivity index is 1.34. The van der Waals surface area contributed by atoms with E-state index in [2.05, 4.69) is 26.8 Å². The van der Waals surface area contributed by atoms with E-state index >= 15 is 0 Å². The molecule has 4 rings (SSSR count). The van der Waals surface area contributed by atoms with Crippen LogP contribution < -0.4 is 9.64 Å². The van der Waals surface area contributed by atoms with Gasteiger partial charge >= 0.3 is 0 Å². The number of thiazole rings is 1. The van der Waals surface area contributed by atoms with Crippen molar-refractivity contribution in [2.75, 3.05) is 18.1 Å². The largest absolute Gasteiger partial charge is 0.493 e. The summed E-state index contributed by atoms with van der Waals surface area (Å²) in [5.41, 5.74) is 1.88. The van der Waals surface area contributed by atoms with E-state index in [1.165, 1.54) is 29.9 Å². The van der Waals surface area contributed by atoms with E-state index in [1.807, 2.05) is 24.7 Å². The second-order valence-electron chi connectivity index (χ2n) is 8.34. The SMILES string of the molecule is CCc1cnc(N2CCCCC2CCCOc2cc(F)c(-c3nc(CC)cs3)c(F)c2)nc1. The molecule has 1 aliphatic heterocycles. The molecule has 8 heteroatoms. The van der Waals surface area contributed by atoms with E-state index in [0.717, 1.165) is 62.3 Å². The summed E-state index contributed by atoms with van der Waals surface area (Å²) in [7, 11) is 0. The van der Waals surface area contributed by atoms with Gasteiger partial charge in [0.05, 0.1) is 17.9 Å². The number of halogens is 2. The summed E-state index contributed by atoms with van der Waals surface area (Å²) in [5, 5.41) is 2.19. The normalized spacial score (nSPS) is 16.2. The lowest BCUT2D eigenvalue weighted by molar-refractivity contribution is 0.291. The molecule has 1 saturated heterocycles. The number of anilines is 1. The highest BCUT2D eigenvalue weighted by Crippen LogP contribution is 2.32. The maximum atomic E-state index is 14.6. The predicted octanol–water partition coefficient (Wildman–Crippen LogP) is 6.22. The van der Waals surface area contributed by atoms with Crippen LogP contribution in [-0.4, -0.2) is 34.1 Å². The molecule has 5 nitrogen and oxygen atoms in total. The summed E-state index contributed by atoms with van der Waals surface area (Å²) < 4.78 is 35.0. The second kappa shape index (κ2) is 11.0. The van der Waals surface area contributed by atoms with Crippen LogP contribution in [0.2, 0.25) is 0 Å². The standard InChI is InChI=1S/C25H30F2N4OS/c1-3-17-14-28-25(29-15-17)31-10-6-5-8-19(31)9-7-11-32-20-12-21(26)23(22(27)13-20)24-30-18(4-2)16-33-24/h12-16,19H,3-11H2,1-2H3. The van der Waals surface area contributed by atoms with Crippen LogP contribution in [-0.2, 0) is 12.8 Å². The first kappa shape index (κ1) is 23.5. The summed E-state index contributed by atoms with van der Waals surface area (Å²) in [6, 6.07) is 2.85. The number of aromatic nitrogens is 3. The highest BCUT2D eigenvalue weighted by molar-refractivity contribution is 7.13. The number of hydrogen-bond acceptors (Lipinski definition) is 6. The van der Waals surface area contributed by atoms with Crippen molar-refractivity contribution >= 4 is 17.3 Å². The molecule has 3 aromatic rings. The van der Waals surface area contributed by atoms with Crippen LogP contribution in [0.5, 0.6) is 5.75 Å². The minimum absolute atomic E-state index is 0.0843. The first-order valence-corrected chi connectivity index (χ1v) is 12.6. The van der Waals surface area contributed by atoms with Crippen LogP contribution in [0.4, 0.5) is 14.7 Å². The molecule has 0 radical (unpaired) electrons. The number of hydrogen-bond donors (Lipinski definition) is 0. The number of benzene rings is 1. The van der Waals surface area contributed by atoms with Crippen LogP contribution >= 0.6 is 11.3 Å². The molecular weight excluding hydrogens is 442 g/mol. The third-order valence-electron chi connectivity index (χ3n) is 6.08. The summed E-state index contributed by atoms with van der Waals surface area (Å²) >= 11 is 1.25. The summed E-state index contributed by atoms with van der Waals surface area (Å²) in [6.45, 7) is 5.40. The molecule has 0 aliphatic carbocycles. The van der Waals surface area contributed by atoms with Gasteiger partial charge in [0.1, 0.15) is 22.4 Å². The molecule has 1 fully saturated rings. The van der Waals surface area contributed by atoms with Crippen molar-refractivity contribution in [3.05, 3.63) is 52.8 Å². The Labute approximate surface area is 197 Å². The highest BCUT2D eigenvalue weighted by Gasteiger charge is 2.24. The molecule has 1 atom stereocenters. The van der Waals surface area contributed by atoms with Gasteiger partial charge in [-0.15, -0.1) is 11.3 Å². The zero-order valence-electron chi connectivity index (χ0n) is 19.2. The Bertz CT molecular complexity index is 1030. The Hall–Kier alpha value is -2.61. The molecule has 0 saturated carbocycles. The van der Waals surface area contributed by atoms with Gasteiger partial charge in [0.25, 0.3) is 0 Å². The van der Waals surface area contributed by atoms with Crippen LogP contribution in [0.3, 0.4) is 0 Å². The minimum Gasteiger partial charge on any atom is -0.493 e. The zero-order valence-corrected chi connectivity index (χ0v) is 20.0. The Morgan fingerprint density at radius 2 is 1.85 bits per heavy atom. The first-order chi connectivity index (χ1) is 16.1. The van der Waals surface area contributed by atoms with Gasteiger partial charge in [0.2, 0.25) is 5.95 Å². The van der Waals surface area contributed by atoms with Gasteiger partial charge < -0.3 is 9.64 Å². The van der Waals surface area contributed by atoms with Gasteiger partial charge in [0.15, 0.2) is 0 Å². The molecule has 1 unspecified atom stereocenters. The number of nitrogens with zero attached hydrogens (tertiary/aromatic N) is 4. The highest BCUT2D eigenvalue weighted by atomic mass is 32.1. The first-order valence-electron chi connectivity index (χ1n) is 11.7. The molecule has 176 valence electrons. The lowest BCUT2D eigenvalue weighted by Crippen LogP contribution is -2.40. The van der Waals surface area contributed by atoms with Crippen molar-refractivity contribution in [1.82, 2.24) is 15.0 Å². The van der Waals surface area contributed by atoms with E-state index < -0.39 is 11.6 Å². The maximum absolute atomic E-state index is 14.6. The van der Waals surface area contributed by atoms with Crippen molar-refractivity contribution in [1.29, 1.82) is 0 Å². The van der Waals surface area contributed by atoms with Crippen LogP contribution in [0.1, 0.15) is 57.2 Å². The van der Waals surface area contributed by atoms with Gasteiger partial charge in [-0.3, -0.25) is 0 Å². The van der Waals surface area contributed by atoms with Crippen LogP contribution in [0.25, 0.3) is 10.6 Å². The van der Waals surface area contributed by atoms with Crippen molar-refractivity contribution in [2.24, 2.45) is 0 Å².